The Bertz CT molecular complexity index is 1390. The third kappa shape index (κ3) is 2.59. The number of aromatic nitrogens is 1. The van der Waals surface area contributed by atoms with Crippen molar-refractivity contribution in [2.75, 3.05) is 13.1 Å². The van der Waals surface area contributed by atoms with Gasteiger partial charge in [0.2, 0.25) is 0 Å². The summed E-state index contributed by atoms with van der Waals surface area (Å²) in [4.78, 5) is 7.50. The Hall–Kier alpha value is -2.60. The number of aromatic hydroxyl groups is 1. The van der Waals surface area contributed by atoms with Crippen molar-refractivity contribution in [3.8, 4) is 22.6 Å². The van der Waals surface area contributed by atoms with E-state index in [1.807, 2.05) is 36.5 Å². The minimum absolute atomic E-state index is 0.0262. The number of nitrogens with zero attached hydrogens (tertiary/aromatic N) is 2. The predicted octanol–water partition coefficient (Wildman–Crippen LogP) is 4.81. The smallest absolute Gasteiger partial charge is 0.166 e. The minimum atomic E-state index is -0.982. The zero-order chi connectivity index (χ0) is 23.5. The van der Waals surface area contributed by atoms with Crippen LogP contribution in [0.25, 0.3) is 11.1 Å². The van der Waals surface area contributed by atoms with E-state index in [0.717, 1.165) is 59.8 Å². The first-order valence-corrected chi connectivity index (χ1v) is 13.1. The number of rotatable bonds is 3. The lowest BCUT2D eigenvalue weighted by molar-refractivity contribution is -0.173. The fourth-order valence-electron chi connectivity index (χ4n) is 7.64. The summed E-state index contributed by atoms with van der Waals surface area (Å²) in [5.41, 5.74) is 4.66. The number of hydrogen-bond acceptors (Lipinski definition) is 5. The van der Waals surface area contributed by atoms with Gasteiger partial charge in [-0.25, -0.2) is 0 Å². The maximum atomic E-state index is 12.8. The van der Waals surface area contributed by atoms with Crippen molar-refractivity contribution in [3.63, 3.8) is 0 Å². The number of piperidine rings is 1. The molecule has 2 aromatic carbocycles. The van der Waals surface area contributed by atoms with Gasteiger partial charge in [0.25, 0.3) is 0 Å². The maximum absolute atomic E-state index is 12.8. The number of hydrogen-bond donors (Lipinski definition) is 2. The van der Waals surface area contributed by atoms with Crippen molar-refractivity contribution >= 4 is 11.6 Å². The van der Waals surface area contributed by atoms with Crippen LogP contribution in [0.3, 0.4) is 0 Å². The van der Waals surface area contributed by atoms with E-state index in [1.165, 1.54) is 18.4 Å². The van der Waals surface area contributed by atoms with Gasteiger partial charge in [0.05, 0.1) is 16.7 Å². The molecule has 1 saturated heterocycles. The molecule has 5 nitrogen and oxygen atoms in total. The fourth-order valence-corrected chi connectivity index (χ4v) is 7.77. The first-order valence-electron chi connectivity index (χ1n) is 12.7. The topological polar surface area (TPSA) is 65.8 Å². The number of phenolic OH excluding ortho intramolecular Hbond substituents is 1. The summed E-state index contributed by atoms with van der Waals surface area (Å²) < 4.78 is 6.58. The van der Waals surface area contributed by atoms with Crippen LogP contribution < -0.4 is 4.74 Å². The summed E-state index contributed by atoms with van der Waals surface area (Å²) in [6, 6.07) is 13.8. The van der Waals surface area contributed by atoms with E-state index in [1.54, 1.807) is 6.07 Å². The number of pyridine rings is 1. The van der Waals surface area contributed by atoms with Crippen LogP contribution in [-0.2, 0) is 18.3 Å². The Balaban J connectivity index is 1.32. The van der Waals surface area contributed by atoms with E-state index >= 15 is 0 Å². The molecular weight excluding hydrogens is 460 g/mol. The molecule has 0 radical (unpaired) electrons. The molecule has 2 aliphatic heterocycles. The second kappa shape index (κ2) is 6.78. The average molecular weight is 487 g/mol. The van der Waals surface area contributed by atoms with Gasteiger partial charge < -0.3 is 14.9 Å². The number of fused-ring (bicyclic) bond motifs is 2. The quantitative estimate of drug-likeness (QED) is 0.556. The lowest BCUT2D eigenvalue weighted by atomic mass is 9.49. The number of halogens is 1. The molecule has 1 aromatic heterocycles. The van der Waals surface area contributed by atoms with E-state index in [0.29, 0.717) is 17.2 Å². The summed E-state index contributed by atoms with van der Waals surface area (Å²) in [6.07, 6.45) is 6.22. The molecule has 1 saturated carbocycles. The Morgan fingerprint density at radius 1 is 1.09 bits per heavy atom. The highest BCUT2D eigenvalue weighted by Crippen LogP contribution is 2.68. The number of phenols is 1. The van der Waals surface area contributed by atoms with E-state index in [-0.39, 0.29) is 11.8 Å². The SMILES string of the molecule is Oc1ccc2c3c1OC1c4ncc(-c5ccc(Cl)cc5)cc4CC4(O)C(C2)N(CC2CC2)CCC314. The van der Waals surface area contributed by atoms with Gasteiger partial charge in [-0.2, -0.15) is 0 Å². The highest BCUT2D eigenvalue weighted by Gasteiger charge is 2.72. The highest BCUT2D eigenvalue weighted by molar-refractivity contribution is 6.30. The lowest BCUT2D eigenvalue weighted by Crippen LogP contribution is -2.74. The molecule has 35 heavy (non-hydrogen) atoms. The largest absolute Gasteiger partial charge is 0.504 e. The number of ether oxygens (including phenoxy) is 1. The second-order valence-corrected chi connectivity index (χ2v) is 11.6. The van der Waals surface area contributed by atoms with Crippen LogP contribution >= 0.6 is 11.6 Å². The van der Waals surface area contributed by atoms with Gasteiger partial charge in [0.1, 0.15) is 0 Å². The number of benzene rings is 2. The molecule has 8 rings (SSSR count). The van der Waals surface area contributed by atoms with Gasteiger partial charge in [0, 0.05) is 41.4 Å². The highest BCUT2D eigenvalue weighted by atomic mass is 35.5. The van der Waals surface area contributed by atoms with Crippen LogP contribution in [0.1, 0.15) is 47.8 Å². The van der Waals surface area contributed by atoms with Crippen molar-refractivity contribution in [1.29, 1.82) is 0 Å². The molecule has 6 heteroatoms. The normalized spacial score (nSPS) is 32.1. The predicted molar refractivity (Wildman–Crippen MR) is 133 cm³/mol. The molecular formula is C29H27ClN2O3. The first kappa shape index (κ1) is 20.6. The Morgan fingerprint density at radius 3 is 2.71 bits per heavy atom. The van der Waals surface area contributed by atoms with Gasteiger partial charge in [-0.3, -0.25) is 9.88 Å². The van der Waals surface area contributed by atoms with Gasteiger partial charge in [-0.05, 0) is 79.1 Å². The molecule has 2 N–H and O–H groups in total. The molecule has 0 amide bonds. The molecule has 2 bridgehead atoms. The Labute approximate surface area is 209 Å². The molecule has 5 aliphatic rings. The van der Waals surface area contributed by atoms with Gasteiger partial charge in [-0.15, -0.1) is 0 Å². The van der Waals surface area contributed by atoms with Crippen molar-refractivity contribution in [3.05, 3.63) is 76.1 Å². The standard InChI is InChI=1S/C29H27ClN2O3/c30-21-6-3-17(4-7-21)20-11-19-13-29(34)23-12-18-5-8-22(33)26-24(18)28(29,27(35-26)25(19)31-14-20)9-10-32(23)15-16-1-2-16/h3-8,11,14,16,23,27,33-34H,1-2,9-10,12-13,15H2. The molecule has 2 fully saturated rings. The van der Waals surface area contributed by atoms with Gasteiger partial charge in [-0.1, -0.05) is 29.8 Å². The zero-order valence-electron chi connectivity index (χ0n) is 19.4. The summed E-state index contributed by atoms with van der Waals surface area (Å²) in [6.45, 7) is 2.00. The lowest BCUT2D eigenvalue weighted by Gasteiger charge is -2.63. The molecule has 1 spiro atoms. The monoisotopic (exact) mass is 486 g/mol. The molecule has 4 atom stereocenters. The van der Waals surface area contributed by atoms with Crippen molar-refractivity contribution in [1.82, 2.24) is 9.88 Å². The van der Waals surface area contributed by atoms with E-state index in [4.69, 9.17) is 21.3 Å². The molecule has 4 unspecified atom stereocenters. The van der Waals surface area contributed by atoms with Crippen LogP contribution in [-0.4, -0.2) is 44.8 Å². The summed E-state index contributed by atoms with van der Waals surface area (Å²) in [7, 11) is 0. The zero-order valence-corrected chi connectivity index (χ0v) is 20.1. The summed E-state index contributed by atoms with van der Waals surface area (Å²) >= 11 is 6.11. The Kier molecular flexibility index (Phi) is 3.99. The van der Waals surface area contributed by atoms with Crippen LogP contribution in [0.15, 0.2) is 48.7 Å². The van der Waals surface area contributed by atoms with Crippen molar-refractivity contribution < 1.29 is 14.9 Å². The molecule has 3 aliphatic carbocycles. The Morgan fingerprint density at radius 2 is 1.91 bits per heavy atom. The number of aliphatic hydroxyl groups is 1. The first-order chi connectivity index (χ1) is 17.0. The van der Waals surface area contributed by atoms with E-state index < -0.39 is 17.1 Å². The van der Waals surface area contributed by atoms with Crippen molar-refractivity contribution in [2.45, 2.75) is 55.3 Å². The van der Waals surface area contributed by atoms with Crippen molar-refractivity contribution in [2.24, 2.45) is 5.92 Å². The van der Waals surface area contributed by atoms with Gasteiger partial charge in [0.15, 0.2) is 17.6 Å². The third-order valence-corrected chi connectivity index (χ3v) is 9.65. The molecule has 3 heterocycles. The maximum Gasteiger partial charge on any atom is 0.166 e. The second-order valence-electron chi connectivity index (χ2n) is 11.2. The van der Waals surface area contributed by atoms with Crippen LogP contribution in [0.2, 0.25) is 5.02 Å². The van der Waals surface area contributed by atoms with Crippen LogP contribution in [0.5, 0.6) is 11.5 Å². The third-order valence-electron chi connectivity index (χ3n) is 9.40. The average Bonchev–Trinajstić information content (AvgIpc) is 3.59. The van der Waals surface area contributed by atoms with Crippen LogP contribution in [0, 0.1) is 5.92 Å². The fraction of sp³-hybridized carbons (Fsp3) is 0.414. The van der Waals surface area contributed by atoms with Gasteiger partial charge >= 0.3 is 0 Å². The molecule has 178 valence electrons. The van der Waals surface area contributed by atoms with E-state index in [2.05, 4.69) is 11.0 Å². The minimum Gasteiger partial charge on any atom is -0.504 e. The van der Waals surface area contributed by atoms with Crippen LogP contribution in [0.4, 0.5) is 0 Å². The number of likely N-dealkylation sites (tertiary alicyclic amines) is 1. The molecule has 3 aromatic rings. The summed E-state index contributed by atoms with van der Waals surface area (Å²) in [5.74, 6) is 1.47. The van der Waals surface area contributed by atoms with E-state index in [9.17, 15) is 10.2 Å². The summed E-state index contributed by atoms with van der Waals surface area (Å²) in [5, 5.41) is 24.3.